The molecule has 0 radical (unpaired) electrons. The summed E-state index contributed by atoms with van der Waals surface area (Å²) in [6, 6.07) is 8.68. The van der Waals surface area contributed by atoms with Gasteiger partial charge in [0.15, 0.2) is 12.2 Å². The van der Waals surface area contributed by atoms with E-state index in [9.17, 15) is 14.7 Å². The van der Waals surface area contributed by atoms with E-state index in [1.54, 1.807) is 11.9 Å². The molecule has 0 bridgehead atoms. The molecule has 3 amide bonds. The number of carbonyl (C=O) groups excluding carboxylic acids is 2. The highest BCUT2D eigenvalue weighted by Gasteiger charge is 2.51. The molecule has 3 aliphatic rings. The molecule has 1 saturated heterocycles. The predicted octanol–water partition coefficient (Wildman–Crippen LogP) is -0.159. The molecule has 3 heterocycles. The maximum atomic E-state index is 12.3. The number of hydrogen-bond donors (Lipinski definition) is 2. The third kappa shape index (κ3) is 2.00. The van der Waals surface area contributed by atoms with Crippen molar-refractivity contribution < 1.29 is 14.7 Å². The molecule has 0 aliphatic carbocycles. The van der Waals surface area contributed by atoms with Gasteiger partial charge in [-0.1, -0.05) is 30.3 Å². The summed E-state index contributed by atoms with van der Waals surface area (Å²) in [5, 5.41) is 11.8. The van der Waals surface area contributed by atoms with Crippen LogP contribution in [0.4, 0.5) is 4.79 Å². The van der Waals surface area contributed by atoms with Gasteiger partial charge in [-0.2, -0.15) is 0 Å². The summed E-state index contributed by atoms with van der Waals surface area (Å²) in [6.07, 6.45) is 1.30. The van der Waals surface area contributed by atoms with E-state index in [2.05, 4.69) is 10.3 Å². The Morgan fingerprint density at radius 3 is 2.71 bits per heavy atom. The van der Waals surface area contributed by atoms with E-state index in [1.165, 1.54) is 4.90 Å². The molecule has 2 atom stereocenters. The van der Waals surface area contributed by atoms with Crippen LogP contribution in [-0.4, -0.2) is 70.1 Å². The quantitative estimate of drug-likeness (QED) is 0.805. The molecule has 0 aromatic heterocycles. The highest BCUT2D eigenvalue weighted by molar-refractivity contribution is 6.06. The number of benzene rings is 1. The van der Waals surface area contributed by atoms with Crippen molar-refractivity contribution in [3.8, 4) is 0 Å². The van der Waals surface area contributed by atoms with Crippen molar-refractivity contribution in [2.75, 3.05) is 20.2 Å². The molecule has 4 rings (SSSR count). The Kier molecular flexibility index (Phi) is 3.27. The van der Waals surface area contributed by atoms with Crippen LogP contribution >= 0.6 is 0 Å². The number of carbonyl (C=O) groups is 2. The summed E-state index contributed by atoms with van der Waals surface area (Å²) >= 11 is 0. The van der Waals surface area contributed by atoms with Gasteiger partial charge in [0, 0.05) is 19.8 Å². The standard InChI is InChI=1S/C16H17N5O3/c1-19-13-12(14(23)18-16(19)24)21-9-11(10-5-3-2-4-6-10)20(7-8-22)15(21)17-13/h2-6,9,12-13,22H,7-8H2,1H3,(H,18,23,24). The molecule has 0 spiro atoms. The Morgan fingerprint density at radius 1 is 1.25 bits per heavy atom. The number of aliphatic hydroxyl groups is 1. The van der Waals surface area contributed by atoms with Crippen molar-refractivity contribution in [3.63, 3.8) is 0 Å². The normalized spacial score (nSPS) is 25.3. The Balaban J connectivity index is 1.75. The van der Waals surface area contributed by atoms with E-state index >= 15 is 0 Å². The highest BCUT2D eigenvalue weighted by atomic mass is 16.3. The van der Waals surface area contributed by atoms with Crippen molar-refractivity contribution in [1.82, 2.24) is 20.0 Å². The van der Waals surface area contributed by atoms with Crippen LogP contribution < -0.4 is 5.32 Å². The van der Waals surface area contributed by atoms with Crippen molar-refractivity contribution in [2.24, 2.45) is 4.99 Å². The minimum Gasteiger partial charge on any atom is -0.395 e. The lowest BCUT2D eigenvalue weighted by Gasteiger charge is -2.34. The fourth-order valence-electron chi connectivity index (χ4n) is 3.29. The van der Waals surface area contributed by atoms with Crippen molar-refractivity contribution in [2.45, 2.75) is 12.2 Å². The first kappa shape index (κ1) is 14.7. The van der Waals surface area contributed by atoms with Gasteiger partial charge < -0.3 is 19.8 Å². The number of aliphatic imine (C=N–C) groups is 1. The van der Waals surface area contributed by atoms with Crippen LogP contribution in [0.5, 0.6) is 0 Å². The predicted molar refractivity (Wildman–Crippen MR) is 86.4 cm³/mol. The minimum atomic E-state index is -0.592. The monoisotopic (exact) mass is 327 g/mol. The Morgan fingerprint density at radius 2 is 2.00 bits per heavy atom. The number of urea groups is 1. The van der Waals surface area contributed by atoms with E-state index in [0.717, 1.165) is 11.3 Å². The first-order valence-corrected chi connectivity index (χ1v) is 7.71. The first-order chi connectivity index (χ1) is 11.6. The van der Waals surface area contributed by atoms with Gasteiger partial charge >= 0.3 is 6.03 Å². The number of hydrogen-bond acceptors (Lipinski definition) is 6. The number of amides is 3. The number of rotatable bonds is 3. The van der Waals surface area contributed by atoms with Gasteiger partial charge in [0.1, 0.15) is 0 Å². The average molecular weight is 327 g/mol. The smallest absolute Gasteiger partial charge is 0.325 e. The lowest BCUT2D eigenvalue weighted by molar-refractivity contribution is -0.126. The zero-order valence-corrected chi connectivity index (χ0v) is 13.1. The third-order valence-electron chi connectivity index (χ3n) is 4.46. The zero-order chi connectivity index (χ0) is 16.8. The Hall–Kier alpha value is -2.87. The topological polar surface area (TPSA) is 88.5 Å². The second-order valence-electron chi connectivity index (χ2n) is 5.86. The van der Waals surface area contributed by atoms with Gasteiger partial charge in [-0.3, -0.25) is 10.1 Å². The van der Waals surface area contributed by atoms with Crippen LogP contribution in [0, 0.1) is 0 Å². The number of nitrogens with zero attached hydrogens (tertiary/aromatic N) is 4. The zero-order valence-electron chi connectivity index (χ0n) is 13.1. The fraction of sp³-hybridized carbons (Fsp3) is 0.312. The van der Waals surface area contributed by atoms with Crippen LogP contribution in [0.1, 0.15) is 5.56 Å². The van der Waals surface area contributed by atoms with Crippen LogP contribution in [-0.2, 0) is 4.79 Å². The van der Waals surface area contributed by atoms with Gasteiger partial charge in [0.25, 0.3) is 5.91 Å². The molecule has 1 aromatic carbocycles. The number of fused-ring (bicyclic) bond motifs is 3. The molecule has 8 heteroatoms. The molecule has 2 N–H and O–H groups in total. The van der Waals surface area contributed by atoms with Gasteiger partial charge in [0.05, 0.1) is 12.3 Å². The second-order valence-corrected chi connectivity index (χ2v) is 5.86. The van der Waals surface area contributed by atoms with Crippen LogP contribution in [0.25, 0.3) is 5.70 Å². The Labute approximate surface area is 138 Å². The number of β-amino-alcohol motifs (C(OH)–C–C–N with tert-alkyl or cyclic N) is 1. The first-order valence-electron chi connectivity index (χ1n) is 7.71. The second kappa shape index (κ2) is 5.34. The number of guanidine groups is 1. The lowest BCUT2D eigenvalue weighted by Crippen LogP contribution is -2.62. The van der Waals surface area contributed by atoms with E-state index in [4.69, 9.17) is 0 Å². The van der Waals surface area contributed by atoms with Crippen LogP contribution in [0.2, 0.25) is 0 Å². The van der Waals surface area contributed by atoms with Crippen LogP contribution in [0.15, 0.2) is 41.5 Å². The number of imide groups is 1. The largest absolute Gasteiger partial charge is 0.395 e. The number of nitrogens with one attached hydrogen (secondary N) is 1. The van der Waals surface area contributed by atoms with Crippen molar-refractivity contribution in [3.05, 3.63) is 42.1 Å². The molecule has 0 saturated carbocycles. The summed E-state index contributed by atoms with van der Waals surface area (Å²) in [5.74, 6) is 0.214. The minimum absolute atomic E-state index is 0.0483. The number of aliphatic hydroxyl groups excluding tert-OH is 1. The summed E-state index contributed by atoms with van der Waals surface area (Å²) in [5.41, 5.74) is 1.84. The molecule has 2 unspecified atom stereocenters. The molecular weight excluding hydrogens is 310 g/mol. The number of likely N-dealkylation sites (N-methyl/N-ethyl adjacent to an activating group) is 1. The summed E-state index contributed by atoms with van der Waals surface area (Å²) in [4.78, 5) is 33.8. The SMILES string of the molecule is CN1C(=O)NC(=O)C2C1N=C1N(CCO)C(c3ccccc3)=CN12. The molecular formula is C16H17N5O3. The highest BCUT2D eigenvalue weighted by Crippen LogP contribution is 2.35. The van der Waals surface area contributed by atoms with Gasteiger partial charge in [-0.05, 0) is 5.56 Å². The van der Waals surface area contributed by atoms with Gasteiger partial charge in [0.2, 0.25) is 5.96 Å². The third-order valence-corrected chi connectivity index (χ3v) is 4.46. The van der Waals surface area contributed by atoms with Crippen LogP contribution in [0.3, 0.4) is 0 Å². The molecule has 1 fully saturated rings. The maximum absolute atomic E-state index is 12.3. The summed E-state index contributed by atoms with van der Waals surface area (Å²) in [7, 11) is 1.61. The van der Waals surface area contributed by atoms with Gasteiger partial charge in [-0.25, -0.2) is 9.79 Å². The summed E-state index contributed by atoms with van der Waals surface area (Å²) < 4.78 is 0. The van der Waals surface area contributed by atoms with Crippen molar-refractivity contribution >= 4 is 23.6 Å². The van der Waals surface area contributed by atoms with Crippen molar-refractivity contribution in [1.29, 1.82) is 0 Å². The molecule has 24 heavy (non-hydrogen) atoms. The van der Waals surface area contributed by atoms with E-state index in [1.807, 2.05) is 41.4 Å². The molecule has 3 aliphatic heterocycles. The summed E-state index contributed by atoms with van der Waals surface area (Å²) in [6.45, 7) is 0.308. The molecule has 1 aromatic rings. The molecule has 124 valence electrons. The van der Waals surface area contributed by atoms with E-state index < -0.39 is 18.2 Å². The average Bonchev–Trinajstić information content (AvgIpc) is 3.11. The van der Waals surface area contributed by atoms with E-state index in [-0.39, 0.29) is 12.5 Å². The fourth-order valence-corrected chi connectivity index (χ4v) is 3.29. The van der Waals surface area contributed by atoms with E-state index in [0.29, 0.717) is 12.5 Å². The maximum Gasteiger partial charge on any atom is 0.325 e. The van der Waals surface area contributed by atoms with Gasteiger partial charge in [-0.15, -0.1) is 0 Å². The lowest BCUT2D eigenvalue weighted by atomic mass is 10.1. The Bertz CT molecular complexity index is 760. The molecule has 8 nitrogen and oxygen atoms in total.